The second-order valence-corrected chi connectivity index (χ2v) is 6.86. The highest BCUT2D eigenvalue weighted by atomic mass is 16.6. The minimum atomic E-state index is -0.277. The van der Waals surface area contributed by atoms with Crippen molar-refractivity contribution in [3.8, 4) is 0 Å². The van der Waals surface area contributed by atoms with E-state index in [-0.39, 0.29) is 16.7 Å². The van der Waals surface area contributed by atoms with Gasteiger partial charge in [-0.3, -0.25) is 10.1 Å². The molecule has 3 rings (SSSR count). The van der Waals surface area contributed by atoms with E-state index in [1.54, 1.807) is 6.07 Å². The van der Waals surface area contributed by atoms with Crippen molar-refractivity contribution < 1.29 is 9.66 Å². The molecule has 0 amide bonds. The number of nitrogens with zero attached hydrogens (tertiary/aromatic N) is 3. The van der Waals surface area contributed by atoms with E-state index in [9.17, 15) is 10.1 Å². The zero-order chi connectivity index (χ0) is 16.9. The second kappa shape index (κ2) is 7.94. The largest absolute Gasteiger partial charge is 0.377 e. The number of ether oxygens (including phenoxy) is 1. The maximum absolute atomic E-state index is 11.3. The van der Waals surface area contributed by atoms with Crippen molar-refractivity contribution in [2.24, 2.45) is 0 Å². The molecule has 0 aliphatic carbocycles. The van der Waals surface area contributed by atoms with Crippen LogP contribution < -0.4 is 4.90 Å². The molecule has 0 spiro atoms. The number of benzene rings is 1. The molecule has 2 aliphatic rings. The van der Waals surface area contributed by atoms with Crippen LogP contribution in [0.15, 0.2) is 18.2 Å². The molecule has 6 nitrogen and oxygen atoms in total. The van der Waals surface area contributed by atoms with Gasteiger partial charge in [0.15, 0.2) is 0 Å². The molecule has 24 heavy (non-hydrogen) atoms. The van der Waals surface area contributed by atoms with Crippen molar-refractivity contribution in [3.05, 3.63) is 33.9 Å². The lowest BCUT2D eigenvalue weighted by Gasteiger charge is -2.33. The number of hydrogen-bond acceptors (Lipinski definition) is 5. The molecular weight excluding hydrogens is 306 g/mol. The summed E-state index contributed by atoms with van der Waals surface area (Å²) in [4.78, 5) is 15.6. The van der Waals surface area contributed by atoms with Crippen LogP contribution in [0.5, 0.6) is 0 Å². The second-order valence-electron chi connectivity index (χ2n) is 6.86. The van der Waals surface area contributed by atoms with Crippen LogP contribution in [0.25, 0.3) is 0 Å². The fourth-order valence-corrected chi connectivity index (χ4v) is 3.67. The van der Waals surface area contributed by atoms with Gasteiger partial charge in [0.2, 0.25) is 0 Å². The molecule has 2 saturated heterocycles. The Morgan fingerprint density at radius 1 is 1.21 bits per heavy atom. The van der Waals surface area contributed by atoms with Gasteiger partial charge >= 0.3 is 0 Å². The van der Waals surface area contributed by atoms with Gasteiger partial charge in [-0.1, -0.05) is 6.07 Å². The van der Waals surface area contributed by atoms with Crippen LogP contribution >= 0.6 is 0 Å². The van der Waals surface area contributed by atoms with Gasteiger partial charge in [-0.05, 0) is 57.3 Å². The zero-order valence-electron chi connectivity index (χ0n) is 14.4. The first kappa shape index (κ1) is 17.2. The summed E-state index contributed by atoms with van der Waals surface area (Å²) < 4.78 is 6.02. The van der Waals surface area contributed by atoms with E-state index in [1.165, 1.54) is 25.9 Å². The molecule has 0 aromatic heterocycles. The van der Waals surface area contributed by atoms with Gasteiger partial charge in [0.1, 0.15) is 5.69 Å². The number of rotatable bonds is 6. The Morgan fingerprint density at radius 2 is 1.92 bits per heavy atom. The van der Waals surface area contributed by atoms with E-state index in [0.29, 0.717) is 0 Å². The number of nitro groups is 1. The Labute approximate surface area is 143 Å². The van der Waals surface area contributed by atoms with Crippen molar-refractivity contribution in [3.63, 3.8) is 0 Å². The molecule has 0 N–H and O–H groups in total. The standard InChI is InChI=1S/C18H27N3O3/c1-15-4-5-17(18(14-15)21(22)23)20-10-6-16(7-11-20)24-13-12-19-8-2-3-9-19/h4-5,14,16H,2-3,6-13H2,1H3. The Bertz CT molecular complexity index is 565. The third kappa shape index (κ3) is 4.24. The van der Waals surface area contributed by atoms with Crippen LogP contribution in [0, 0.1) is 17.0 Å². The Hall–Kier alpha value is -1.66. The summed E-state index contributed by atoms with van der Waals surface area (Å²) in [6, 6.07) is 5.48. The number of nitro benzene ring substituents is 1. The summed E-state index contributed by atoms with van der Waals surface area (Å²) in [6.45, 7) is 7.77. The van der Waals surface area contributed by atoms with Crippen molar-refractivity contribution in [1.82, 2.24) is 4.90 Å². The summed E-state index contributed by atoms with van der Waals surface area (Å²) in [5.74, 6) is 0. The molecule has 2 heterocycles. The molecule has 6 heteroatoms. The van der Waals surface area contributed by atoms with Gasteiger partial charge in [-0.25, -0.2) is 0 Å². The first-order chi connectivity index (χ1) is 11.6. The summed E-state index contributed by atoms with van der Waals surface area (Å²) in [7, 11) is 0. The van der Waals surface area contributed by atoms with Crippen LogP contribution in [0.3, 0.4) is 0 Å². The maximum Gasteiger partial charge on any atom is 0.292 e. The van der Waals surface area contributed by atoms with Crippen LogP contribution in [0.1, 0.15) is 31.2 Å². The molecule has 0 radical (unpaired) electrons. The Morgan fingerprint density at radius 3 is 2.58 bits per heavy atom. The van der Waals surface area contributed by atoms with E-state index in [0.717, 1.165) is 50.3 Å². The van der Waals surface area contributed by atoms with Crippen LogP contribution in [0.2, 0.25) is 0 Å². The third-order valence-corrected chi connectivity index (χ3v) is 5.07. The predicted molar refractivity (Wildman–Crippen MR) is 94.7 cm³/mol. The quantitative estimate of drug-likeness (QED) is 0.592. The Kier molecular flexibility index (Phi) is 5.68. The van der Waals surface area contributed by atoms with Gasteiger partial charge in [-0.15, -0.1) is 0 Å². The van der Waals surface area contributed by atoms with Crippen LogP contribution in [0.4, 0.5) is 11.4 Å². The fourth-order valence-electron chi connectivity index (χ4n) is 3.67. The van der Waals surface area contributed by atoms with Gasteiger partial charge in [0.25, 0.3) is 5.69 Å². The average Bonchev–Trinajstić information content (AvgIpc) is 3.09. The van der Waals surface area contributed by atoms with E-state index in [2.05, 4.69) is 9.80 Å². The fraction of sp³-hybridized carbons (Fsp3) is 0.667. The lowest BCUT2D eigenvalue weighted by Crippen LogP contribution is -2.38. The normalized spacial score (nSPS) is 19.8. The molecule has 1 aromatic rings. The monoisotopic (exact) mass is 333 g/mol. The van der Waals surface area contributed by atoms with Gasteiger partial charge in [0.05, 0.1) is 17.6 Å². The highest BCUT2D eigenvalue weighted by Gasteiger charge is 2.25. The SMILES string of the molecule is Cc1ccc(N2CCC(OCCN3CCCC3)CC2)c([N+](=O)[O-])c1. The van der Waals surface area contributed by atoms with E-state index >= 15 is 0 Å². The summed E-state index contributed by atoms with van der Waals surface area (Å²) in [5, 5.41) is 11.3. The molecule has 0 bridgehead atoms. The third-order valence-electron chi connectivity index (χ3n) is 5.07. The van der Waals surface area contributed by atoms with Crippen molar-refractivity contribution in [2.45, 2.75) is 38.7 Å². The maximum atomic E-state index is 11.3. The topological polar surface area (TPSA) is 58.8 Å². The molecule has 0 atom stereocenters. The van der Waals surface area contributed by atoms with Gasteiger partial charge < -0.3 is 14.5 Å². The first-order valence-electron chi connectivity index (χ1n) is 8.97. The number of hydrogen-bond donors (Lipinski definition) is 0. The number of aryl methyl sites for hydroxylation is 1. The summed E-state index contributed by atoms with van der Waals surface area (Å²) in [5.41, 5.74) is 1.87. The van der Waals surface area contributed by atoms with Crippen LogP contribution in [-0.4, -0.2) is 55.3 Å². The molecule has 2 fully saturated rings. The number of likely N-dealkylation sites (tertiary alicyclic amines) is 1. The highest BCUT2D eigenvalue weighted by molar-refractivity contribution is 5.64. The number of anilines is 1. The summed E-state index contributed by atoms with van der Waals surface area (Å²) >= 11 is 0. The summed E-state index contributed by atoms with van der Waals surface area (Å²) in [6.07, 6.45) is 4.78. The minimum absolute atomic E-state index is 0.211. The molecule has 1 aromatic carbocycles. The highest BCUT2D eigenvalue weighted by Crippen LogP contribution is 2.31. The molecule has 0 saturated carbocycles. The average molecular weight is 333 g/mol. The lowest BCUT2D eigenvalue weighted by molar-refractivity contribution is -0.384. The molecular formula is C18H27N3O3. The lowest BCUT2D eigenvalue weighted by atomic mass is 10.1. The zero-order valence-corrected chi connectivity index (χ0v) is 14.4. The van der Waals surface area contributed by atoms with Crippen LogP contribution in [-0.2, 0) is 4.74 Å². The van der Waals surface area contributed by atoms with E-state index in [1.807, 2.05) is 19.1 Å². The van der Waals surface area contributed by atoms with E-state index in [4.69, 9.17) is 4.74 Å². The van der Waals surface area contributed by atoms with E-state index < -0.39 is 0 Å². The van der Waals surface area contributed by atoms with Crippen molar-refractivity contribution >= 4 is 11.4 Å². The molecule has 0 unspecified atom stereocenters. The smallest absolute Gasteiger partial charge is 0.292 e. The predicted octanol–water partition coefficient (Wildman–Crippen LogP) is 2.98. The molecule has 2 aliphatic heterocycles. The van der Waals surface area contributed by atoms with Gasteiger partial charge in [0, 0.05) is 25.7 Å². The number of piperidine rings is 1. The van der Waals surface area contributed by atoms with Crippen molar-refractivity contribution in [2.75, 3.05) is 44.2 Å². The minimum Gasteiger partial charge on any atom is -0.377 e. The van der Waals surface area contributed by atoms with Crippen molar-refractivity contribution in [1.29, 1.82) is 0 Å². The van der Waals surface area contributed by atoms with Gasteiger partial charge in [-0.2, -0.15) is 0 Å². The Balaban J connectivity index is 1.49. The first-order valence-corrected chi connectivity index (χ1v) is 8.97. The molecule has 132 valence electrons.